The molecule has 0 aliphatic carbocycles. The van der Waals surface area contributed by atoms with Gasteiger partial charge in [-0.05, 0) is 43.5 Å². The summed E-state index contributed by atoms with van der Waals surface area (Å²) in [5.41, 5.74) is 0.359. The minimum atomic E-state index is -4.01. The van der Waals surface area contributed by atoms with Crippen LogP contribution in [-0.2, 0) is 26.2 Å². The van der Waals surface area contributed by atoms with Gasteiger partial charge in [0.25, 0.3) is 0 Å². The van der Waals surface area contributed by atoms with Crippen LogP contribution in [0.15, 0.2) is 48.5 Å². The summed E-state index contributed by atoms with van der Waals surface area (Å²) < 4.78 is 40.2. The van der Waals surface area contributed by atoms with E-state index in [0.29, 0.717) is 21.3 Å². The molecule has 0 radical (unpaired) electrons. The summed E-state index contributed by atoms with van der Waals surface area (Å²) in [4.78, 5) is 27.9. The molecule has 1 N–H and O–H groups in total. The summed E-state index contributed by atoms with van der Waals surface area (Å²) in [6.07, 6.45) is 1.89. The van der Waals surface area contributed by atoms with E-state index < -0.39 is 34.3 Å². The lowest BCUT2D eigenvalue weighted by molar-refractivity contribution is -0.140. The predicted molar refractivity (Wildman–Crippen MR) is 133 cm³/mol. The zero-order valence-electron chi connectivity index (χ0n) is 19.8. The number of anilines is 1. The molecule has 0 aromatic heterocycles. The fourth-order valence-corrected chi connectivity index (χ4v) is 4.47. The van der Waals surface area contributed by atoms with Gasteiger partial charge in [0.15, 0.2) is 0 Å². The second-order valence-electron chi connectivity index (χ2n) is 8.08. The largest absolute Gasteiger partial charge is 0.352 e. The van der Waals surface area contributed by atoms with Crippen molar-refractivity contribution in [2.45, 2.75) is 52.2 Å². The minimum absolute atomic E-state index is 0.0141. The molecule has 2 rings (SSSR count). The maximum absolute atomic E-state index is 14.4. The van der Waals surface area contributed by atoms with E-state index in [1.165, 1.54) is 23.1 Å². The Labute approximate surface area is 205 Å². The number of hydrogen-bond donors (Lipinski definition) is 1. The highest BCUT2D eigenvalue weighted by atomic mass is 35.5. The Balaban J connectivity index is 2.47. The zero-order chi connectivity index (χ0) is 25.5. The highest BCUT2D eigenvalue weighted by Crippen LogP contribution is 2.24. The molecular formula is C24H31ClFN3O4S. The van der Waals surface area contributed by atoms with Crippen LogP contribution in [0, 0.1) is 5.82 Å². The van der Waals surface area contributed by atoms with E-state index in [1.807, 2.05) is 13.8 Å². The lowest BCUT2D eigenvalue weighted by atomic mass is 10.1. The average Bonchev–Trinajstić information content (AvgIpc) is 2.78. The van der Waals surface area contributed by atoms with Crippen molar-refractivity contribution in [2.75, 3.05) is 17.1 Å². The van der Waals surface area contributed by atoms with Crippen molar-refractivity contribution in [2.24, 2.45) is 0 Å². The van der Waals surface area contributed by atoms with E-state index in [9.17, 15) is 22.4 Å². The first kappa shape index (κ1) is 27.6. The van der Waals surface area contributed by atoms with Gasteiger partial charge in [0.2, 0.25) is 21.8 Å². The van der Waals surface area contributed by atoms with E-state index in [1.54, 1.807) is 31.2 Å². The second-order valence-corrected chi connectivity index (χ2v) is 10.4. The van der Waals surface area contributed by atoms with E-state index >= 15 is 0 Å². The van der Waals surface area contributed by atoms with Crippen LogP contribution < -0.4 is 9.62 Å². The molecule has 186 valence electrons. The molecule has 0 saturated heterocycles. The molecule has 2 aromatic rings. The summed E-state index contributed by atoms with van der Waals surface area (Å²) in [6.45, 7) is 4.86. The highest BCUT2D eigenvalue weighted by molar-refractivity contribution is 7.92. The fourth-order valence-electron chi connectivity index (χ4n) is 3.42. The first-order valence-electron chi connectivity index (χ1n) is 11.0. The molecule has 0 spiro atoms. The van der Waals surface area contributed by atoms with E-state index in [0.717, 1.165) is 12.3 Å². The Morgan fingerprint density at radius 3 is 2.24 bits per heavy atom. The fraction of sp³-hybridized carbons (Fsp3) is 0.417. The molecule has 0 heterocycles. The van der Waals surface area contributed by atoms with Gasteiger partial charge in [-0.3, -0.25) is 13.9 Å². The van der Waals surface area contributed by atoms with Gasteiger partial charge in [-0.2, -0.15) is 0 Å². The molecule has 2 amide bonds. The third kappa shape index (κ3) is 7.17. The Hall–Kier alpha value is -2.65. The number of hydrogen-bond acceptors (Lipinski definition) is 4. The number of halogens is 2. The molecule has 0 fully saturated rings. The first-order valence-corrected chi connectivity index (χ1v) is 13.3. The number of sulfonamides is 1. The lowest BCUT2D eigenvalue weighted by Gasteiger charge is -2.33. The van der Waals surface area contributed by atoms with Gasteiger partial charge in [-0.15, -0.1) is 0 Å². The molecule has 7 nitrogen and oxygen atoms in total. The smallest absolute Gasteiger partial charge is 0.244 e. The number of nitrogens with one attached hydrogen (secondary N) is 1. The van der Waals surface area contributed by atoms with Crippen LogP contribution in [0.5, 0.6) is 0 Å². The van der Waals surface area contributed by atoms with Gasteiger partial charge < -0.3 is 10.2 Å². The molecule has 2 atom stereocenters. The van der Waals surface area contributed by atoms with Crippen LogP contribution in [0.25, 0.3) is 0 Å². The number of amides is 2. The number of carbonyl (C=O) groups excluding carboxylic acids is 2. The summed E-state index contributed by atoms with van der Waals surface area (Å²) in [5, 5.41) is 3.29. The van der Waals surface area contributed by atoms with Crippen LogP contribution in [0.1, 0.15) is 39.2 Å². The van der Waals surface area contributed by atoms with Gasteiger partial charge >= 0.3 is 0 Å². The molecule has 34 heavy (non-hydrogen) atoms. The SMILES string of the molecule is CC[C@H](C)NC(=O)[C@H](CC)N(Cc1ccccc1Cl)C(=O)CN(c1ccccc1F)S(C)(=O)=O. The first-order chi connectivity index (χ1) is 16.0. The predicted octanol–water partition coefficient (Wildman–Crippen LogP) is 3.97. The van der Waals surface area contributed by atoms with Crippen molar-refractivity contribution in [1.29, 1.82) is 0 Å². The van der Waals surface area contributed by atoms with E-state index in [4.69, 9.17) is 11.6 Å². The monoisotopic (exact) mass is 511 g/mol. The van der Waals surface area contributed by atoms with Crippen LogP contribution in [0.4, 0.5) is 10.1 Å². The third-order valence-electron chi connectivity index (χ3n) is 5.49. The van der Waals surface area contributed by atoms with Gasteiger partial charge in [0.1, 0.15) is 18.4 Å². The number of carbonyl (C=O) groups is 2. The molecule has 0 bridgehead atoms. The van der Waals surface area contributed by atoms with Crippen molar-refractivity contribution in [3.05, 3.63) is 64.9 Å². The number of benzene rings is 2. The minimum Gasteiger partial charge on any atom is -0.352 e. The Bertz CT molecular complexity index is 1110. The quantitative estimate of drug-likeness (QED) is 0.494. The third-order valence-corrected chi connectivity index (χ3v) is 6.98. The zero-order valence-corrected chi connectivity index (χ0v) is 21.4. The van der Waals surface area contributed by atoms with Crippen molar-refractivity contribution in [3.8, 4) is 0 Å². The van der Waals surface area contributed by atoms with Gasteiger partial charge in [-0.25, -0.2) is 12.8 Å². The average molecular weight is 512 g/mol. The van der Waals surface area contributed by atoms with Gasteiger partial charge in [0.05, 0.1) is 11.9 Å². The van der Waals surface area contributed by atoms with Crippen LogP contribution in [0.2, 0.25) is 5.02 Å². The molecule has 10 heteroatoms. The summed E-state index contributed by atoms with van der Waals surface area (Å²) >= 11 is 6.31. The van der Waals surface area contributed by atoms with Crippen molar-refractivity contribution >= 4 is 39.1 Å². The lowest BCUT2D eigenvalue weighted by Crippen LogP contribution is -2.53. The highest BCUT2D eigenvalue weighted by Gasteiger charge is 2.33. The number of nitrogens with zero attached hydrogens (tertiary/aromatic N) is 2. The molecule has 0 aliphatic heterocycles. The van der Waals surface area contributed by atoms with Crippen LogP contribution >= 0.6 is 11.6 Å². The van der Waals surface area contributed by atoms with Crippen molar-refractivity contribution in [3.63, 3.8) is 0 Å². The van der Waals surface area contributed by atoms with Gasteiger partial charge in [-0.1, -0.05) is 55.8 Å². The summed E-state index contributed by atoms with van der Waals surface area (Å²) in [6, 6.07) is 11.2. The number of rotatable bonds is 11. The van der Waals surface area contributed by atoms with E-state index in [-0.39, 0.29) is 30.6 Å². The molecule has 2 aromatic carbocycles. The number of para-hydroxylation sites is 1. The Kier molecular flexibility index (Phi) is 9.88. The topological polar surface area (TPSA) is 86.8 Å². The van der Waals surface area contributed by atoms with E-state index in [2.05, 4.69) is 5.32 Å². The Morgan fingerprint density at radius 2 is 1.68 bits per heavy atom. The van der Waals surface area contributed by atoms with Crippen molar-refractivity contribution < 1.29 is 22.4 Å². The van der Waals surface area contributed by atoms with Crippen LogP contribution in [-0.4, -0.2) is 50.0 Å². The normalized spacial score (nSPS) is 13.1. The molecular weight excluding hydrogens is 481 g/mol. The summed E-state index contributed by atoms with van der Waals surface area (Å²) in [7, 11) is -4.01. The van der Waals surface area contributed by atoms with Gasteiger partial charge in [0, 0.05) is 17.6 Å². The Morgan fingerprint density at radius 1 is 1.06 bits per heavy atom. The second kappa shape index (κ2) is 12.2. The summed E-state index contributed by atoms with van der Waals surface area (Å²) in [5.74, 6) is -1.78. The standard InChI is InChI=1S/C24H31ClFN3O4S/c1-5-17(3)27-24(31)21(6-2)28(15-18-11-7-8-12-19(18)25)23(30)16-29(34(4,32)33)22-14-10-9-13-20(22)26/h7-14,17,21H,5-6,15-16H2,1-4H3,(H,27,31)/t17-,21-/m0/s1. The molecule has 0 aliphatic rings. The maximum atomic E-state index is 14.4. The molecule has 0 saturated carbocycles. The molecule has 0 unspecified atom stereocenters. The van der Waals surface area contributed by atoms with Crippen molar-refractivity contribution in [1.82, 2.24) is 10.2 Å². The maximum Gasteiger partial charge on any atom is 0.244 e. The van der Waals surface area contributed by atoms with Crippen LogP contribution in [0.3, 0.4) is 0 Å².